The molecule has 0 N–H and O–H groups in total. The zero-order chi connectivity index (χ0) is 21.2. The third kappa shape index (κ3) is 3.95. The van der Waals surface area contributed by atoms with Gasteiger partial charge in [-0.05, 0) is 49.1 Å². The fraction of sp³-hybridized carbons (Fsp3) is 0.250. The summed E-state index contributed by atoms with van der Waals surface area (Å²) in [7, 11) is 1.64. The molecule has 1 aliphatic carbocycles. The van der Waals surface area contributed by atoms with E-state index in [-0.39, 0.29) is 5.56 Å². The van der Waals surface area contributed by atoms with E-state index >= 15 is 0 Å². The highest BCUT2D eigenvalue weighted by molar-refractivity contribution is 7.99. The lowest BCUT2D eigenvalue weighted by atomic mass is 10.2. The minimum Gasteiger partial charge on any atom is -0.497 e. The topological polar surface area (TPSA) is 53.4 Å². The van der Waals surface area contributed by atoms with E-state index in [0.29, 0.717) is 17.5 Å². The van der Waals surface area contributed by atoms with Crippen LogP contribution in [0.4, 0.5) is 0 Å². The Hall–Kier alpha value is -2.77. The maximum atomic E-state index is 13.6. The maximum absolute atomic E-state index is 13.6. The normalized spacial score (nSPS) is 12.8. The van der Waals surface area contributed by atoms with Crippen LogP contribution in [0.25, 0.3) is 15.9 Å². The summed E-state index contributed by atoms with van der Waals surface area (Å²) in [5.41, 5.74) is 2.09. The lowest BCUT2D eigenvalue weighted by Crippen LogP contribution is -2.22. The first-order valence-corrected chi connectivity index (χ1v) is 12.1. The number of nitrogens with zero attached hydrogens (tertiary/aromatic N) is 2. The summed E-state index contributed by atoms with van der Waals surface area (Å²) in [5, 5.41) is 1.51. The van der Waals surface area contributed by atoms with Gasteiger partial charge in [0.15, 0.2) is 5.16 Å². The third-order valence-electron chi connectivity index (χ3n) is 5.35. The molecule has 0 amide bonds. The van der Waals surface area contributed by atoms with Crippen LogP contribution in [0, 0.1) is 0 Å². The Morgan fingerprint density at radius 1 is 1.10 bits per heavy atom. The molecule has 0 saturated carbocycles. The number of fused-ring (bicyclic) bond motifs is 3. The zero-order valence-electron chi connectivity index (χ0n) is 17.2. The number of thiophene rings is 1. The molecular weight excluding hydrogens is 428 g/mol. The lowest BCUT2D eigenvalue weighted by Gasteiger charge is -2.13. The molecule has 0 unspecified atom stereocenters. The molecule has 0 fully saturated rings. The van der Waals surface area contributed by atoms with Crippen LogP contribution in [0.3, 0.4) is 0 Å². The summed E-state index contributed by atoms with van der Waals surface area (Å²) in [6.07, 6.45) is 3.15. The minimum absolute atomic E-state index is 0.0341. The summed E-state index contributed by atoms with van der Waals surface area (Å²) >= 11 is 3.22. The van der Waals surface area contributed by atoms with Crippen LogP contribution in [0.15, 0.2) is 64.5 Å². The third-order valence-corrected chi connectivity index (χ3v) is 7.44. The fourth-order valence-electron chi connectivity index (χ4n) is 3.91. The van der Waals surface area contributed by atoms with Crippen molar-refractivity contribution in [3.05, 3.63) is 75.4 Å². The smallest absolute Gasteiger partial charge is 0.267 e. The van der Waals surface area contributed by atoms with Gasteiger partial charge < -0.3 is 9.47 Å². The van der Waals surface area contributed by atoms with Crippen LogP contribution in [0.1, 0.15) is 16.9 Å². The summed E-state index contributed by atoms with van der Waals surface area (Å²) in [5.74, 6) is 2.20. The van der Waals surface area contributed by atoms with Crippen LogP contribution in [0.2, 0.25) is 0 Å². The van der Waals surface area contributed by atoms with E-state index in [4.69, 9.17) is 14.5 Å². The first-order chi connectivity index (χ1) is 15.2. The Morgan fingerprint density at radius 2 is 1.94 bits per heavy atom. The Kier molecular flexibility index (Phi) is 5.70. The fourth-order valence-corrected chi connectivity index (χ4v) is 6.04. The van der Waals surface area contributed by atoms with Crippen LogP contribution < -0.4 is 15.0 Å². The number of aromatic nitrogens is 2. The van der Waals surface area contributed by atoms with Crippen molar-refractivity contribution < 1.29 is 9.47 Å². The van der Waals surface area contributed by atoms with E-state index in [9.17, 15) is 4.79 Å². The van der Waals surface area contributed by atoms with Gasteiger partial charge in [0.25, 0.3) is 5.56 Å². The Balaban J connectivity index is 1.44. The summed E-state index contributed by atoms with van der Waals surface area (Å²) in [6, 6.07) is 17.3. The monoisotopic (exact) mass is 450 g/mol. The van der Waals surface area contributed by atoms with E-state index in [2.05, 4.69) is 0 Å². The molecule has 2 aromatic heterocycles. The average Bonchev–Trinajstić information content (AvgIpc) is 3.38. The number of rotatable bonds is 7. The summed E-state index contributed by atoms with van der Waals surface area (Å²) < 4.78 is 12.9. The second-order valence-corrected chi connectivity index (χ2v) is 9.43. The highest BCUT2D eigenvalue weighted by Gasteiger charge is 2.23. The van der Waals surface area contributed by atoms with Gasteiger partial charge in [0.05, 0.1) is 24.8 Å². The Morgan fingerprint density at radius 3 is 2.77 bits per heavy atom. The number of hydrogen-bond acceptors (Lipinski definition) is 6. The van der Waals surface area contributed by atoms with Crippen LogP contribution in [-0.2, 0) is 12.8 Å². The predicted octanol–water partition coefficient (Wildman–Crippen LogP) is 5.12. The van der Waals surface area contributed by atoms with Gasteiger partial charge in [0.2, 0.25) is 0 Å². The number of ether oxygens (including phenoxy) is 2. The molecule has 0 atom stereocenters. The van der Waals surface area contributed by atoms with Gasteiger partial charge in [-0.25, -0.2) is 4.98 Å². The molecule has 0 radical (unpaired) electrons. The number of thioether (sulfide) groups is 1. The van der Waals surface area contributed by atoms with Crippen molar-refractivity contribution in [1.29, 1.82) is 0 Å². The molecule has 0 spiro atoms. The van der Waals surface area contributed by atoms with Gasteiger partial charge in [-0.15, -0.1) is 11.3 Å². The van der Waals surface area contributed by atoms with Gasteiger partial charge in [0, 0.05) is 16.7 Å². The SMILES string of the molecule is COc1cccc(OCCSc2nc3sc4c(c3c(=O)n2-c2ccccc2)CCC4)c1. The molecule has 0 saturated heterocycles. The summed E-state index contributed by atoms with van der Waals surface area (Å²) in [6.45, 7) is 0.501. The van der Waals surface area contributed by atoms with Crippen molar-refractivity contribution in [2.24, 2.45) is 0 Å². The minimum atomic E-state index is 0.0341. The number of benzene rings is 2. The molecule has 7 heteroatoms. The zero-order valence-corrected chi connectivity index (χ0v) is 18.8. The molecule has 2 aromatic carbocycles. The van der Waals surface area contributed by atoms with Crippen molar-refractivity contribution in [2.75, 3.05) is 19.5 Å². The Bertz CT molecular complexity index is 1280. The molecule has 31 heavy (non-hydrogen) atoms. The second kappa shape index (κ2) is 8.77. The molecule has 5 rings (SSSR count). The second-order valence-electron chi connectivity index (χ2n) is 7.28. The van der Waals surface area contributed by atoms with E-state index < -0.39 is 0 Å². The molecule has 4 aromatic rings. The quantitative estimate of drug-likeness (QED) is 0.222. The molecule has 0 aliphatic heterocycles. The summed E-state index contributed by atoms with van der Waals surface area (Å²) in [4.78, 5) is 20.7. The first-order valence-electron chi connectivity index (χ1n) is 10.3. The number of hydrogen-bond donors (Lipinski definition) is 0. The lowest BCUT2D eigenvalue weighted by molar-refractivity contribution is 0.339. The van der Waals surface area contributed by atoms with Crippen LogP contribution >= 0.6 is 23.1 Å². The van der Waals surface area contributed by atoms with Crippen molar-refractivity contribution >= 4 is 33.3 Å². The van der Waals surface area contributed by atoms with E-state index in [1.807, 2.05) is 54.6 Å². The highest BCUT2D eigenvalue weighted by atomic mass is 32.2. The van der Waals surface area contributed by atoms with Crippen molar-refractivity contribution in [3.63, 3.8) is 0 Å². The standard InChI is InChI=1S/C24H22N2O3S2/c1-28-17-9-5-10-18(15-17)29-13-14-30-24-25-22-21(19-11-6-12-20(19)31-22)23(27)26(24)16-7-3-2-4-8-16/h2-5,7-10,15H,6,11-14H2,1H3. The maximum Gasteiger partial charge on any atom is 0.267 e. The van der Waals surface area contributed by atoms with Gasteiger partial charge >= 0.3 is 0 Å². The Labute approximate surface area is 188 Å². The van der Waals surface area contributed by atoms with Crippen molar-refractivity contribution in [2.45, 2.75) is 24.4 Å². The predicted molar refractivity (Wildman–Crippen MR) is 126 cm³/mol. The van der Waals surface area contributed by atoms with Gasteiger partial charge in [0.1, 0.15) is 16.3 Å². The first kappa shape index (κ1) is 20.2. The molecule has 5 nitrogen and oxygen atoms in total. The van der Waals surface area contributed by atoms with Crippen LogP contribution in [0.5, 0.6) is 11.5 Å². The number of aryl methyl sites for hydroxylation is 2. The van der Waals surface area contributed by atoms with Gasteiger partial charge in [-0.2, -0.15) is 0 Å². The average molecular weight is 451 g/mol. The van der Waals surface area contributed by atoms with Crippen molar-refractivity contribution in [3.8, 4) is 17.2 Å². The van der Waals surface area contributed by atoms with E-state index in [0.717, 1.165) is 46.7 Å². The van der Waals surface area contributed by atoms with Gasteiger partial charge in [-0.3, -0.25) is 9.36 Å². The number of para-hydroxylation sites is 1. The highest BCUT2D eigenvalue weighted by Crippen LogP contribution is 2.36. The molecule has 1 aliphatic rings. The molecular formula is C24H22N2O3S2. The molecule has 2 heterocycles. The van der Waals surface area contributed by atoms with E-state index in [1.165, 1.54) is 10.4 Å². The largest absolute Gasteiger partial charge is 0.497 e. The van der Waals surface area contributed by atoms with Crippen molar-refractivity contribution in [1.82, 2.24) is 9.55 Å². The number of methoxy groups -OCH3 is 1. The van der Waals surface area contributed by atoms with Crippen LogP contribution in [-0.4, -0.2) is 29.0 Å². The van der Waals surface area contributed by atoms with Gasteiger partial charge in [-0.1, -0.05) is 36.0 Å². The van der Waals surface area contributed by atoms with E-state index in [1.54, 1.807) is 34.8 Å². The molecule has 158 valence electrons. The molecule has 0 bridgehead atoms.